The fourth-order valence-electron chi connectivity index (χ4n) is 2.12. The van der Waals surface area contributed by atoms with Crippen LogP contribution < -0.4 is 5.32 Å². The van der Waals surface area contributed by atoms with Crippen LogP contribution in [0.25, 0.3) is 11.3 Å². The van der Waals surface area contributed by atoms with Gasteiger partial charge in [0.05, 0.1) is 5.69 Å². The Bertz CT molecular complexity index is 515. The number of nitrogens with zero attached hydrogens (tertiary/aromatic N) is 1. The SMILES string of the molecule is CC1(C)CNc2cc(-c3ccsc3)ncc21. The molecule has 0 saturated carbocycles. The molecule has 3 rings (SSSR count). The first-order valence-electron chi connectivity index (χ1n) is 5.44. The summed E-state index contributed by atoms with van der Waals surface area (Å²) in [6.45, 7) is 5.49. The predicted octanol–water partition coefficient (Wildman–Crippen LogP) is 3.51. The molecule has 0 bridgehead atoms. The first-order valence-corrected chi connectivity index (χ1v) is 6.38. The normalized spacial score (nSPS) is 16.9. The molecule has 2 nitrogen and oxygen atoms in total. The Hall–Kier alpha value is -1.35. The molecule has 82 valence electrons. The topological polar surface area (TPSA) is 24.9 Å². The van der Waals surface area contributed by atoms with Gasteiger partial charge in [0.25, 0.3) is 0 Å². The first-order chi connectivity index (χ1) is 7.67. The highest BCUT2D eigenvalue weighted by atomic mass is 32.1. The van der Waals surface area contributed by atoms with E-state index in [2.05, 4.69) is 47.0 Å². The van der Waals surface area contributed by atoms with Gasteiger partial charge >= 0.3 is 0 Å². The molecule has 0 fully saturated rings. The summed E-state index contributed by atoms with van der Waals surface area (Å²) in [6.07, 6.45) is 2.02. The molecular formula is C13H14N2S. The summed E-state index contributed by atoms with van der Waals surface area (Å²) >= 11 is 1.71. The van der Waals surface area contributed by atoms with E-state index in [0.29, 0.717) is 0 Å². The van der Waals surface area contributed by atoms with Crippen molar-refractivity contribution >= 4 is 17.0 Å². The van der Waals surface area contributed by atoms with Crippen LogP contribution in [0, 0.1) is 0 Å². The largest absolute Gasteiger partial charge is 0.384 e. The molecule has 0 unspecified atom stereocenters. The van der Waals surface area contributed by atoms with Crippen molar-refractivity contribution in [2.24, 2.45) is 0 Å². The van der Waals surface area contributed by atoms with Gasteiger partial charge < -0.3 is 5.32 Å². The van der Waals surface area contributed by atoms with Gasteiger partial charge in [-0.3, -0.25) is 4.98 Å². The van der Waals surface area contributed by atoms with Crippen molar-refractivity contribution < 1.29 is 0 Å². The Morgan fingerprint density at radius 1 is 1.44 bits per heavy atom. The lowest BCUT2D eigenvalue weighted by atomic mass is 9.88. The molecule has 0 radical (unpaired) electrons. The Kier molecular flexibility index (Phi) is 2.04. The van der Waals surface area contributed by atoms with Crippen molar-refractivity contribution in [2.75, 3.05) is 11.9 Å². The van der Waals surface area contributed by atoms with E-state index in [1.807, 2.05) is 6.20 Å². The van der Waals surface area contributed by atoms with E-state index in [9.17, 15) is 0 Å². The van der Waals surface area contributed by atoms with Gasteiger partial charge in [-0.25, -0.2) is 0 Å². The fraction of sp³-hybridized carbons (Fsp3) is 0.308. The Labute approximate surface area is 99.4 Å². The van der Waals surface area contributed by atoms with Gasteiger partial charge in [-0.1, -0.05) is 13.8 Å². The van der Waals surface area contributed by atoms with Crippen LogP contribution >= 0.6 is 11.3 Å². The van der Waals surface area contributed by atoms with Gasteiger partial charge in [0.15, 0.2) is 0 Å². The number of rotatable bonds is 1. The maximum Gasteiger partial charge on any atom is 0.0731 e. The molecule has 0 atom stereocenters. The van der Waals surface area contributed by atoms with Gasteiger partial charge in [-0.05, 0) is 17.5 Å². The fourth-order valence-corrected chi connectivity index (χ4v) is 2.77. The van der Waals surface area contributed by atoms with E-state index < -0.39 is 0 Å². The zero-order valence-corrected chi connectivity index (χ0v) is 10.3. The second-order valence-corrected chi connectivity index (χ2v) is 5.64. The molecule has 0 aliphatic carbocycles. The number of nitrogens with one attached hydrogen (secondary N) is 1. The second kappa shape index (κ2) is 3.32. The molecule has 3 heteroatoms. The van der Waals surface area contributed by atoms with E-state index in [4.69, 9.17) is 0 Å². The van der Waals surface area contributed by atoms with Gasteiger partial charge in [0.2, 0.25) is 0 Å². The predicted molar refractivity (Wildman–Crippen MR) is 69.1 cm³/mol. The Morgan fingerprint density at radius 3 is 3.06 bits per heavy atom. The third kappa shape index (κ3) is 1.43. The van der Waals surface area contributed by atoms with E-state index in [-0.39, 0.29) is 5.41 Å². The summed E-state index contributed by atoms with van der Waals surface area (Å²) in [5.41, 5.74) is 5.03. The molecule has 3 heterocycles. The Balaban J connectivity index is 2.08. The van der Waals surface area contributed by atoms with E-state index in [1.54, 1.807) is 11.3 Å². The number of pyridine rings is 1. The van der Waals surface area contributed by atoms with Crippen LogP contribution in [-0.2, 0) is 5.41 Å². The van der Waals surface area contributed by atoms with Crippen LogP contribution in [0.2, 0.25) is 0 Å². The third-order valence-corrected chi connectivity index (χ3v) is 3.85. The molecular weight excluding hydrogens is 216 g/mol. The highest BCUT2D eigenvalue weighted by molar-refractivity contribution is 7.08. The smallest absolute Gasteiger partial charge is 0.0731 e. The van der Waals surface area contributed by atoms with Crippen LogP contribution in [0.15, 0.2) is 29.1 Å². The van der Waals surface area contributed by atoms with Crippen molar-refractivity contribution in [2.45, 2.75) is 19.3 Å². The molecule has 0 spiro atoms. The monoisotopic (exact) mass is 230 g/mol. The summed E-state index contributed by atoms with van der Waals surface area (Å²) in [4.78, 5) is 4.56. The highest BCUT2D eigenvalue weighted by Crippen LogP contribution is 2.37. The van der Waals surface area contributed by atoms with Gasteiger partial charge in [-0.2, -0.15) is 11.3 Å². The second-order valence-electron chi connectivity index (χ2n) is 4.86. The highest BCUT2D eigenvalue weighted by Gasteiger charge is 2.30. The standard InChI is InChI=1S/C13H14N2S/c1-13(2)8-15-12-5-11(14-6-10(12)13)9-3-4-16-7-9/h3-7,15H,8H2,1-2H3. The van der Waals surface area contributed by atoms with Crippen molar-refractivity contribution in [1.29, 1.82) is 0 Å². The van der Waals surface area contributed by atoms with Crippen molar-refractivity contribution in [3.8, 4) is 11.3 Å². The average Bonchev–Trinajstić information content (AvgIpc) is 2.87. The summed E-state index contributed by atoms with van der Waals surface area (Å²) in [7, 11) is 0. The molecule has 0 saturated heterocycles. The summed E-state index contributed by atoms with van der Waals surface area (Å²) in [5, 5.41) is 7.67. The minimum Gasteiger partial charge on any atom is -0.384 e. The number of hydrogen-bond donors (Lipinski definition) is 1. The van der Waals surface area contributed by atoms with Crippen molar-refractivity contribution in [1.82, 2.24) is 4.98 Å². The number of aromatic nitrogens is 1. The zero-order valence-electron chi connectivity index (χ0n) is 9.45. The number of fused-ring (bicyclic) bond motifs is 1. The lowest BCUT2D eigenvalue weighted by molar-refractivity contribution is 0.584. The van der Waals surface area contributed by atoms with Crippen LogP contribution in [0.5, 0.6) is 0 Å². The van der Waals surface area contributed by atoms with Gasteiger partial charge in [-0.15, -0.1) is 0 Å². The van der Waals surface area contributed by atoms with Crippen molar-refractivity contribution in [3.63, 3.8) is 0 Å². The maximum atomic E-state index is 4.56. The lowest BCUT2D eigenvalue weighted by Crippen LogP contribution is -2.18. The number of hydrogen-bond acceptors (Lipinski definition) is 3. The molecule has 0 amide bonds. The van der Waals surface area contributed by atoms with Crippen molar-refractivity contribution in [3.05, 3.63) is 34.7 Å². The molecule has 0 aromatic carbocycles. The zero-order chi connectivity index (χ0) is 11.2. The maximum absolute atomic E-state index is 4.56. The Morgan fingerprint density at radius 2 is 2.31 bits per heavy atom. The molecule has 1 N–H and O–H groups in total. The van der Waals surface area contributed by atoms with Crippen LogP contribution in [0.4, 0.5) is 5.69 Å². The van der Waals surface area contributed by atoms with E-state index >= 15 is 0 Å². The molecule has 16 heavy (non-hydrogen) atoms. The molecule has 2 aromatic heterocycles. The average molecular weight is 230 g/mol. The third-order valence-electron chi connectivity index (χ3n) is 3.17. The lowest BCUT2D eigenvalue weighted by Gasteiger charge is -2.16. The molecule has 1 aliphatic rings. The molecule has 1 aliphatic heterocycles. The summed E-state index contributed by atoms with van der Waals surface area (Å²) < 4.78 is 0. The van der Waals surface area contributed by atoms with E-state index in [0.717, 1.165) is 12.2 Å². The minimum absolute atomic E-state index is 0.204. The van der Waals surface area contributed by atoms with Gasteiger partial charge in [0, 0.05) is 40.4 Å². The van der Waals surface area contributed by atoms with Crippen LogP contribution in [0.3, 0.4) is 0 Å². The quantitative estimate of drug-likeness (QED) is 0.811. The minimum atomic E-state index is 0.204. The van der Waals surface area contributed by atoms with E-state index in [1.165, 1.54) is 16.8 Å². The van der Waals surface area contributed by atoms with Gasteiger partial charge in [0.1, 0.15) is 0 Å². The van der Waals surface area contributed by atoms with Crippen LogP contribution in [-0.4, -0.2) is 11.5 Å². The summed E-state index contributed by atoms with van der Waals surface area (Å²) in [6, 6.07) is 4.27. The number of thiophene rings is 1. The first kappa shape index (κ1) is 9.85. The molecule has 2 aromatic rings. The number of anilines is 1. The van der Waals surface area contributed by atoms with Crippen LogP contribution in [0.1, 0.15) is 19.4 Å². The summed E-state index contributed by atoms with van der Waals surface area (Å²) in [5.74, 6) is 0.